The van der Waals surface area contributed by atoms with Gasteiger partial charge < -0.3 is 0 Å². The minimum Gasteiger partial charge on any atom is -0.268 e. The summed E-state index contributed by atoms with van der Waals surface area (Å²) < 4.78 is 0. The predicted octanol–water partition coefficient (Wildman–Crippen LogP) is 1.29. The number of aromatic nitrogens is 1. The molecule has 1 aromatic heterocycles. The number of nitrogens with one attached hydrogen (secondary N) is 1. The van der Waals surface area contributed by atoms with Gasteiger partial charge in [0, 0.05) is 18.0 Å². The van der Waals surface area contributed by atoms with Crippen molar-refractivity contribution in [3.8, 4) is 0 Å². The summed E-state index contributed by atoms with van der Waals surface area (Å²) in [6, 6.07) is 3.57. The highest BCUT2D eigenvalue weighted by molar-refractivity contribution is 5.95. The van der Waals surface area contributed by atoms with Crippen LogP contribution in [0.15, 0.2) is 30.1 Å². The summed E-state index contributed by atoms with van der Waals surface area (Å²) in [4.78, 5) is 14.4. The van der Waals surface area contributed by atoms with Crippen LogP contribution in [0.25, 0.3) is 6.08 Å². The summed E-state index contributed by atoms with van der Waals surface area (Å²) in [5, 5.41) is 0. The second kappa shape index (κ2) is 3.67. The van der Waals surface area contributed by atoms with Crippen LogP contribution < -0.4 is 5.73 Å². The quantitative estimate of drug-likeness (QED) is 0.614. The highest BCUT2D eigenvalue weighted by atomic mass is 16.1. The molecule has 1 amide bonds. The Bertz CT molecular complexity index is 304. The van der Waals surface area contributed by atoms with E-state index in [1.807, 2.05) is 0 Å². The highest BCUT2D eigenvalue weighted by Crippen LogP contribution is 2.04. The van der Waals surface area contributed by atoms with Gasteiger partial charge in [0.15, 0.2) is 0 Å². The molecular weight excluding hydrogens is 152 g/mol. The fraction of sp³-hybridized carbons (Fsp3) is 0.111. The van der Waals surface area contributed by atoms with Crippen LogP contribution in [0.5, 0.6) is 0 Å². The molecule has 0 aliphatic carbocycles. The SMILES string of the molecule is CC(=Cc1ccncc1)C([NH])=O. The Morgan fingerprint density at radius 2 is 2.08 bits per heavy atom. The Balaban J connectivity index is 2.89. The number of pyridine rings is 1. The van der Waals surface area contributed by atoms with E-state index in [1.54, 1.807) is 37.5 Å². The zero-order chi connectivity index (χ0) is 8.97. The maximum absolute atomic E-state index is 10.5. The molecule has 0 unspecified atom stereocenters. The molecule has 3 nitrogen and oxygen atoms in total. The van der Waals surface area contributed by atoms with E-state index in [2.05, 4.69) is 4.98 Å². The Hall–Kier alpha value is -1.64. The lowest BCUT2D eigenvalue weighted by molar-refractivity contribution is -0.115. The topological polar surface area (TPSA) is 53.8 Å². The highest BCUT2D eigenvalue weighted by Gasteiger charge is 1.96. The van der Waals surface area contributed by atoms with Gasteiger partial charge in [-0.15, -0.1) is 0 Å². The van der Waals surface area contributed by atoms with E-state index >= 15 is 0 Å². The first kappa shape index (κ1) is 8.46. The first-order valence-electron chi connectivity index (χ1n) is 3.54. The summed E-state index contributed by atoms with van der Waals surface area (Å²) in [7, 11) is 0. The Labute approximate surface area is 70.9 Å². The van der Waals surface area contributed by atoms with Gasteiger partial charge in [0.25, 0.3) is 5.91 Å². The Morgan fingerprint density at radius 3 is 2.58 bits per heavy atom. The second-order valence-corrected chi connectivity index (χ2v) is 2.44. The number of rotatable bonds is 2. The molecule has 0 bridgehead atoms. The monoisotopic (exact) mass is 161 g/mol. The van der Waals surface area contributed by atoms with Gasteiger partial charge in [-0.25, -0.2) is 0 Å². The fourth-order valence-corrected chi connectivity index (χ4v) is 0.775. The van der Waals surface area contributed by atoms with Crippen LogP contribution in [0.4, 0.5) is 0 Å². The first-order valence-corrected chi connectivity index (χ1v) is 3.54. The minimum absolute atomic E-state index is 0.432. The van der Waals surface area contributed by atoms with E-state index in [1.165, 1.54) is 0 Å². The first-order chi connectivity index (χ1) is 5.70. The van der Waals surface area contributed by atoms with E-state index in [9.17, 15) is 4.79 Å². The van der Waals surface area contributed by atoms with E-state index in [0.717, 1.165) is 5.56 Å². The van der Waals surface area contributed by atoms with Crippen molar-refractivity contribution in [2.24, 2.45) is 0 Å². The number of hydrogen-bond donors (Lipinski definition) is 0. The third-order valence-electron chi connectivity index (χ3n) is 1.45. The second-order valence-electron chi connectivity index (χ2n) is 2.44. The Kier molecular flexibility index (Phi) is 2.58. The molecule has 0 atom stereocenters. The van der Waals surface area contributed by atoms with E-state index in [-0.39, 0.29) is 0 Å². The standard InChI is InChI=1S/C9H9N2O/c1-7(9(10)12)6-8-2-4-11-5-3-8/h2-6,10H,1H3. The van der Waals surface area contributed by atoms with Gasteiger partial charge in [-0.2, -0.15) is 0 Å². The average molecular weight is 161 g/mol. The molecule has 1 aromatic rings. The molecule has 1 rings (SSSR count). The number of carbonyl (C=O) groups excluding carboxylic acids is 1. The van der Waals surface area contributed by atoms with Crippen molar-refractivity contribution in [2.75, 3.05) is 0 Å². The smallest absolute Gasteiger partial charge is 0.265 e. The van der Waals surface area contributed by atoms with Crippen molar-refractivity contribution in [1.29, 1.82) is 0 Å². The van der Waals surface area contributed by atoms with Crippen molar-refractivity contribution < 1.29 is 4.79 Å². The summed E-state index contributed by atoms with van der Waals surface area (Å²) in [5.41, 5.74) is 8.13. The zero-order valence-electron chi connectivity index (χ0n) is 6.74. The zero-order valence-corrected chi connectivity index (χ0v) is 6.74. The third kappa shape index (κ3) is 2.20. The summed E-state index contributed by atoms with van der Waals surface area (Å²) in [6.07, 6.45) is 4.96. The molecule has 0 aromatic carbocycles. The molecule has 0 spiro atoms. The summed E-state index contributed by atoms with van der Waals surface area (Å²) in [6.45, 7) is 1.62. The van der Waals surface area contributed by atoms with Gasteiger partial charge in [-0.05, 0) is 30.7 Å². The molecule has 0 saturated carbocycles. The van der Waals surface area contributed by atoms with Gasteiger partial charge in [0.05, 0.1) is 0 Å². The number of nitrogens with zero attached hydrogens (tertiary/aromatic N) is 1. The average Bonchev–Trinajstić information content (AvgIpc) is 2.06. The van der Waals surface area contributed by atoms with Crippen LogP contribution >= 0.6 is 0 Å². The summed E-state index contributed by atoms with van der Waals surface area (Å²) in [5.74, 6) is -0.646. The molecule has 12 heavy (non-hydrogen) atoms. The molecule has 1 N–H and O–H groups in total. The lowest BCUT2D eigenvalue weighted by Gasteiger charge is -1.93. The maximum atomic E-state index is 10.5. The van der Waals surface area contributed by atoms with Crippen LogP contribution in [-0.4, -0.2) is 10.9 Å². The predicted molar refractivity (Wildman–Crippen MR) is 46.0 cm³/mol. The third-order valence-corrected chi connectivity index (χ3v) is 1.45. The lowest BCUT2D eigenvalue weighted by atomic mass is 10.2. The molecule has 0 saturated heterocycles. The molecule has 61 valence electrons. The van der Waals surface area contributed by atoms with Crippen LogP contribution in [0.2, 0.25) is 0 Å². The van der Waals surface area contributed by atoms with Gasteiger partial charge in [0.1, 0.15) is 0 Å². The largest absolute Gasteiger partial charge is 0.268 e. The van der Waals surface area contributed by atoms with Crippen molar-refractivity contribution in [1.82, 2.24) is 10.7 Å². The fourth-order valence-electron chi connectivity index (χ4n) is 0.775. The number of carbonyl (C=O) groups is 1. The molecule has 0 fully saturated rings. The van der Waals surface area contributed by atoms with E-state index < -0.39 is 5.91 Å². The van der Waals surface area contributed by atoms with Crippen LogP contribution in [0.3, 0.4) is 0 Å². The van der Waals surface area contributed by atoms with Gasteiger partial charge >= 0.3 is 0 Å². The van der Waals surface area contributed by atoms with Crippen molar-refractivity contribution >= 4 is 12.0 Å². The Morgan fingerprint density at radius 1 is 1.50 bits per heavy atom. The van der Waals surface area contributed by atoms with Gasteiger partial charge in [0.2, 0.25) is 0 Å². The van der Waals surface area contributed by atoms with Crippen LogP contribution in [0.1, 0.15) is 12.5 Å². The van der Waals surface area contributed by atoms with Crippen molar-refractivity contribution in [2.45, 2.75) is 6.92 Å². The van der Waals surface area contributed by atoms with Crippen LogP contribution in [0, 0.1) is 0 Å². The molecule has 0 aliphatic heterocycles. The normalized spacial score (nSPS) is 11.2. The van der Waals surface area contributed by atoms with Gasteiger partial charge in [-0.3, -0.25) is 15.5 Å². The van der Waals surface area contributed by atoms with Crippen LogP contribution in [-0.2, 0) is 4.79 Å². The molecule has 1 radical (unpaired) electrons. The van der Waals surface area contributed by atoms with Crippen molar-refractivity contribution in [3.63, 3.8) is 0 Å². The maximum Gasteiger partial charge on any atom is 0.265 e. The summed E-state index contributed by atoms with van der Waals surface area (Å²) >= 11 is 0. The van der Waals surface area contributed by atoms with Gasteiger partial charge in [-0.1, -0.05) is 0 Å². The van der Waals surface area contributed by atoms with Crippen molar-refractivity contribution in [3.05, 3.63) is 35.7 Å². The van der Waals surface area contributed by atoms with E-state index in [4.69, 9.17) is 5.73 Å². The lowest BCUT2D eigenvalue weighted by Crippen LogP contribution is -1.98. The number of hydrogen-bond acceptors (Lipinski definition) is 2. The molecule has 3 heteroatoms. The molecular formula is C9H9N2O. The minimum atomic E-state index is -0.646. The molecule has 0 aliphatic rings. The number of amides is 1. The van der Waals surface area contributed by atoms with E-state index in [0.29, 0.717) is 5.57 Å². The molecule has 1 heterocycles.